The number of rotatable bonds is 7. The molecule has 1 aliphatic heterocycles. The molecule has 0 saturated carbocycles. The van der Waals surface area contributed by atoms with Crippen LogP contribution in [-0.4, -0.2) is 58.1 Å². The molecule has 0 N–H and O–H groups in total. The zero-order valence-corrected chi connectivity index (χ0v) is 22.8. The van der Waals surface area contributed by atoms with Crippen LogP contribution in [0.1, 0.15) is 33.5 Å². The lowest BCUT2D eigenvalue weighted by molar-refractivity contribution is 0.384. The van der Waals surface area contributed by atoms with Gasteiger partial charge in [-0.15, -0.1) is 11.3 Å². The van der Waals surface area contributed by atoms with Crippen LogP contribution in [0.25, 0.3) is 0 Å². The summed E-state index contributed by atoms with van der Waals surface area (Å²) in [5.41, 5.74) is 5.71. The van der Waals surface area contributed by atoms with Gasteiger partial charge in [0.05, 0.1) is 24.8 Å². The average molecular weight is 516 g/mol. The van der Waals surface area contributed by atoms with Crippen molar-refractivity contribution in [1.82, 2.24) is 9.29 Å². The smallest absolute Gasteiger partial charge is 0.243 e. The predicted octanol–water partition coefficient (Wildman–Crippen LogP) is 4.50. The summed E-state index contributed by atoms with van der Waals surface area (Å²) in [4.78, 5) is 7.47. The number of nitrogens with zero attached hydrogens (tertiary/aromatic N) is 3. The van der Waals surface area contributed by atoms with Crippen LogP contribution >= 0.6 is 11.3 Å². The summed E-state index contributed by atoms with van der Waals surface area (Å²) in [6.07, 6.45) is 0.656. The first-order valence-corrected chi connectivity index (χ1v) is 14.0. The molecule has 0 amide bonds. The second kappa shape index (κ2) is 10.2. The van der Waals surface area contributed by atoms with Gasteiger partial charge in [0, 0.05) is 49.6 Å². The second-order valence-corrected chi connectivity index (χ2v) is 11.7. The molecule has 0 aliphatic carbocycles. The number of methoxy groups -OCH3 is 2. The molecule has 3 aromatic rings. The molecule has 2 heterocycles. The van der Waals surface area contributed by atoms with E-state index in [4.69, 9.17) is 14.5 Å². The number of anilines is 1. The van der Waals surface area contributed by atoms with E-state index in [1.165, 1.54) is 0 Å². The molecule has 1 aromatic heterocycles. The first kappa shape index (κ1) is 25.5. The van der Waals surface area contributed by atoms with Gasteiger partial charge in [-0.25, -0.2) is 13.4 Å². The summed E-state index contributed by atoms with van der Waals surface area (Å²) in [5, 5.41) is 2.98. The monoisotopic (exact) mass is 515 g/mol. The minimum Gasteiger partial charge on any atom is -0.497 e. The molecule has 0 spiro atoms. The minimum absolute atomic E-state index is 0.440. The molecule has 9 heteroatoms. The van der Waals surface area contributed by atoms with Gasteiger partial charge < -0.3 is 14.4 Å². The van der Waals surface area contributed by atoms with E-state index >= 15 is 0 Å². The number of thiazole rings is 1. The Morgan fingerprint density at radius 2 is 1.60 bits per heavy atom. The number of aromatic nitrogens is 1. The van der Waals surface area contributed by atoms with Gasteiger partial charge in [0.25, 0.3) is 0 Å². The third-order valence-corrected chi connectivity index (χ3v) is 9.93. The lowest BCUT2D eigenvalue weighted by atomic mass is 10.0. The summed E-state index contributed by atoms with van der Waals surface area (Å²) in [7, 11) is -0.270. The molecule has 35 heavy (non-hydrogen) atoms. The Morgan fingerprint density at radius 3 is 2.20 bits per heavy atom. The Kier molecular flexibility index (Phi) is 7.40. The fraction of sp³-hybridized carbons (Fsp3) is 0.423. The van der Waals surface area contributed by atoms with Crippen molar-refractivity contribution in [3.05, 3.63) is 63.2 Å². The van der Waals surface area contributed by atoms with Crippen LogP contribution < -0.4 is 14.4 Å². The summed E-state index contributed by atoms with van der Waals surface area (Å²) in [6.45, 7) is 9.85. The van der Waals surface area contributed by atoms with Crippen LogP contribution in [-0.2, 0) is 16.4 Å². The standard InChI is InChI=1S/C26H33N3O4S2/c1-17-13-18(2)20(4)25(19(17)3)35(30,31)29-11-9-28(10-12-29)26-27-22(16-34-26)14-21-7-8-23(32-5)15-24(21)33-6/h7-8,13,15-16H,9-12,14H2,1-6H3. The zero-order chi connectivity index (χ0) is 25.3. The van der Waals surface area contributed by atoms with E-state index in [0.717, 1.165) is 50.1 Å². The van der Waals surface area contributed by atoms with Crippen molar-refractivity contribution in [2.75, 3.05) is 45.3 Å². The largest absolute Gasteiger partial charge is 0.497 e. The first-order valence-electron chi connectivity index (χ1n) is 11.6. The SMILES string of the molecule is COc1ccc(Cc2csc(N3CCN(S(=O)(=O)c4c(C)c(C)cc(C)c4C)CC3)n2)c(OC)c1. The zero-order valence-electron chi connectivity index (χ0n) is 21.2. The normalized spacial score (nSPS) is 14.9. The van der Waals surface area contributed by atoms with Crippen LogP contribution in [0, 0.1) is 27.7 Å². The molecule has 1 aliphatic rings. The van der Waals surface area contributed by atoms with Crippen LogP contribution in [0.3, 0.4) is 0 Å². The molecule has 1 saturated heterocycles. The topological polar surface area (TPSA) is 72.0 Å². The Hall–Kier alpha value is -2.62. The maximum absolute atomic E-state index is 13.6. The van der Waals surface area contributed by atoms with E-state index in [1.54, 1.807) is 29.9 Å². The summed E-state index contributed by atoms with van der Waals surface area (Å²) < 4.78 is 39.5. The number of aryl methyl sites for hydroxylation is 2. The van der Waals surface area contributed by atoms with Gasteiger partial charge in [-0.3, -0.25) is 0 Å². The highest BCUT2D eigenvalue weighted by Gasteiger charge is 2.32. The Balaban J connectivity index is 1.46. The molecule has 7 nitrogen and oxygen atoms in total. The van der Waals surface area contributed by atoms with E-state index < -0.39 is 10.0 Å². The van der Waals surface area contributed by atoms with E-state index in [9.17, 15) is 8.42 Å². The van der Waals surface area contributed by atoms with Crippen molar-refractivity contribution in [1.29, 1.82) is 0 Å². The van der Waals surface area contributed by atoms with Gasteiger partial charge in [-0.1, -0.05) is 12.1 Å². The summed E-state index contributed by atoms with van der Waals surface area (Å²) in [6, 6.07) is 7.85. The third-order valence-electron chi connectivity index (χ3n) is 6.81. The van der Waals surface area contributed by atoms with Crippen LogP contribution in [0.5, 0.6) is 11.5 Å². The highest BCUT2D eigenvalue weighted by molar-refractivity contribution is 7.89. The van der Waals surface area contributed by atoms with Gasteiger partial charge >= 0.3 is 0 Å². The molecule has 4 rings (SSSR count). The highest BCUT2D eigenvalue weighted by atomic mass is 32.2. The first-order chi connectivity index (χ1) is 16.6. The van der Waals surface area contributed by atoms with Crippen LogP contribution in [0.2, 0.25) is 0 Å². The van der Waals surface area contributed by atoms with Crippen molar-refractivity contribution in [3.63, 3.8) is 0 Å². The average Bonchev–Trinajstić information content (AvgIpc) is 3.31. The van der Waals surface area contributed by atoms with E-state index in [-0.39, 0.29) is 0 Å². The van der Waals surface area contributed by atoms with Crippen LogP contribution in [0.4, 0.5) is 5.13 Å². The molecule has 0 radical (unpaired) electrons. The van der Waals surface area contributed by atoms with E-state index in [2.05, 4.69) is 16.3 Å². The highest BCUT2D eigenvalue weighted by Crippen LogP contribution is 2.31. The molecule has 1 fully saturated rings. The van der Waals surface area contributed by atoms with Gasteiger partial charge in [0.2, 0.25) is 10.0 Å². The summed E-state index contributed by atoms with van der Waals surface area (Å²) in [5.74, 6) is 1.53. The minimum atomic E-state index is -3.56. The number of benzene rings is 2. The molecule has 0 unspecified atom stereocenters. The number of ether oxygens (including phenoxy) is 2. The number of hydrogen-bond donors (Lipinski definition) is 0. The lowest BCUT2D eigenvalue weighted by Gasteiger charge is -2.34. The Morgan fingerprint density at radius 1 is 0.943 bits per heavy atom. The van der Waals surface area contributed by atoms with Gasteiger partial charge in [-0.05, 0) is 56.0 Å². The Labute approximate surface area is 212 Å². The van der Waals surface area contributed by atoms with Crippen molar-refractivity contribution in [3.8, 4) is 11.5 Å². The molecular weight excluding hydrogens is 482 g/mol. The molecule has 2 aromatic carbocycles. The maximum atomic E-state index is 13.6. The third kappa shape index (κ3) is 5.03. The van der Waals surface area contributed by atoms with Crippen molar-refractivity contribution in [2.24, 2.45) is 0 Å². The molecular formula is C26H33N3O4S2. The molecule has 0 bridgehead atoms. The quantitative estimate of drug-likeness (QED) is 0.462. The number of piperazine rings is 1. The maximum Gasteiger partial charge on any atom is 0.243 e. The fourth-order valence-corrected chi connectivity index (χ4v) is 7.41. The van der Waals surface area contributed by atoms with Crippen molar-refractivity contribution >= 4 is 26.5 Å². The van der Waals surface area contributed by atoms with Crippen molar-refractivity contribution < 1.29 is 17.9 Å². The fourth-order valence-electron chi connectivity index (χ4n) is 4.53. The van der Waals surface area contributed by atoms with Gasteiger partial charge in [0.1, 0.15) is 11.5 Å². The Bertz CT molecular complexity index is 1300. The predicted molar refractivity (Wildman–Crippen MR) is 141 cm³/mol. The van der Waals surface area contributed by atoms with E-state index in [0.29, 0.717) is 37.5 Å². The lowest BCUT2D eigenvalue weighted by Crippen LogP contribution is -2.49. The number of sulfonamides is 1. The second-order valence-electron chi connectivity index (χ2n) is 8.96. The van der Waals surface area contributed by atoms with Gasteiger partial charge in [-0.2, -0.15) is 4.31 Å². The summed E-state index contributed by atoms with van der Waals surface area (Å²) >= 11 is 1.59. The molecule has 188 valence electrons. The molecule has 0 atom stereocenters. The van der Waals surface area contributed by atoms with Gasteiger partial charge in [0.15, 0.2) is 5.13 Å². The van der Waals surface area contributed by atoms with Crippen molar-refractivity contribution in [2.45, 2.75) is 39.0 Å². The van der Waals surface area contributed by atoms with Crippen LogP contribution in [0.15, 0.2) is 34.5 Å². The number of hydrogen-bond acceptors (Lipinski definition) is 7. The van der Waals surface area contributed by atoms with E-state index in [1.807, 2.05) is 45.9 Å².